The second-order valence-corrected chi connectivity index (χ2v) is 6.02. The number of ether oxygens (including phenoxy) is 1. The highest BCUT2D eigenvalue weighted by Crippen LogP contribution is 2.32. The van der Waals surface area contributed by atoms with Crippen LogP contribution >= 0.6 is 11.8 Å². The van der Waals surface area contributed by atoms with Gasteiger partial charge in [-0.1, -0.05) is 18.7 Å². The fraction of sp³-hybridized carbons (Fsp3) is 0.294. The molecule has 4 heteroatoms. The molecule has 21 heavy (non-hydrogen) atoms. The molecule has 0 spiro atoms. The molecule has 2 N–H and O–H groups in total. The Morgan fingerprint density at radius 2 is 1.90 bits per heavy atom. The van der Waals surface area contributed by atoms with Gasteiger partial charge in [0.2, 0.25) is 0 Å². The van der Waals surface area contributed by atoms with Gasteiger partial charge in [-0.25, -0.2) is 4.39 Å². The molecule has 0 aliphatic heterocycles. The standard InChI is InChI=1S/C17H20FNOS/c1-3-14(19)11-12-10-13(18)4-9-17(12)21-16-7-5-15(20-2)6-8-16/h4-10,14H,3,11,19H2,1-2H3. The molecule has 112 valence electrons. The third-order valence-electron chi connectivity index (χ3n) is 3.32. The van der Waals surface area contributed by atoms with Crippen LogP contribution in [0.15, 0.2) is 52.3 Å². The van der Waals surface area contributed by atoms with Crippen LogP contribution in [-0.4, -0.2) is 13.2 Å². The number of hydrogen-bond acceptors (Lipinski definition) is 3. The third kappa shape index (κ3) is 4.48. The van der Waals surface area contributed by atoms with Crippen LogP contribution in [0.2, 0.25) is 0 Å². The van der Waals surface area contributed by atoms with E-state index in [2.05, 4.69) is 0 Å². The molecule has 2 rings (SSSR count). The second-order valence-electron chi connectivity index (χ2n) is 4.90. The van der Waals surface area contributed by atoms with E-state index in [4.69, 9.17) is 10.5 Å². The van der Waals surface area contributed by atoms with Crippen molar-refractivity contribution in [3.8, 4) is 5.75 Å². The predicted octanol–water partition coefficient (Wildman–Crippen LogP) is 4.27. The van der Waals surface area contributed by atoms with Gasteiger partial charge >= 0.3 is 0 Å². The highest BCUT2D eigenvalue weighted by atomic mass is 32.2. The highest BCUT2D eigenvalue weighted by molar-refractivity contribution is 7.99. The number of methoxy groups -OCH3 is 1. The number of nitrogens with two attached hydrogens (primary N) is 1. The van der Waals surface area contributed by atoms with Crippen LogP contribution in [-0.2, 0) is 6.42 Å². The summed E-state index contributed by atoms with van der Waals surface area (Å²) in [6.45, 7) is 2.04. The van der Waals surface area contributed by atoms with Crippen molar-refractivity contribution in [3.05, 3.63) is 53.8 Å². The van der Waals surface area contributed by atoms with E-state index in [1.165, 1.54) is 6.07 Å². The quantitative estimate of drug-likeness (QED) is 0.866. The molecule has 1 unspecified atom stereocenters. The Kier molecular flexibility index (Phi) is 5.65. The van der Waals surface area contributed by atoms with Crippen molar-refractivity contribution in [1.82, 2.24) is 0 Å². The number of rotatable bonds is 6. The molecule has 2 nitrogen and oxygen atoms in total. The van der Waals surface area contributed by atoms with Gasteiger partial charge in [0.1, 0.15) is 11.6 Å². The van der Waals surface area contributed by atoms with Crippen molar-refractivity contribution >= 4 is 11.8 Å². The fourth-order valence-electron chi connectivity index (χ4n) is 2.00. The minimum absolute atomic E-state index is 0.0574. The maximum atomic E-state index is 13.5. The highest BCUT2D eigenvalue weighted by Gasteiger charge is 2.10. The SMILES string of the molecule is CCC(N)Cc1cc(F)ccc1Sc1ccc(OC)cc1. The van der Waals surface area contributed by atoms with Gasteiger partial charge in [0.05, 0.1) is 7.11 Å². The monoisotopic (exact) mass is 305 g/mol. The first kappa shape index (κ1) is 15.9. The molecule has 0 saturated heterocycles. The summed E-state index contributed by atoms with van der Waals surface area (Å²) in [6, 6.07) is 12.8. The maximum absolute atomic E-state index is 13.5. The van der Waals surface area contributed by atoms with Crippen molar-refractivity contribution in [2.75, 3.05) is 7.11 Å². The van der Waals surface area contributed by atoms with Gasteiger partial charge in [-0.2, -0.15) is 0 Å². The van der Waals surface area contributed by atoms with Crippen LogP contribution in [0.3, 0.4) is 0 Å². The summed E-state index contributed by atoms with van der Waals surface area (Å²) < 4.78 is 18.6. The molecule has 1 atom stereocenters. The van der Waals surface area contributed by atoms with Crippen LogP contribution in [0, 0.1) is 5.82 Å². The van der Waals surface area contributed by atoms with E-state index >= 15 is 0 Å². The minimum atomic E-state index is -0.215. The first-order chi connectivity index (χ1) is 10.1. The number of hydrogen-bond donors (Lipinski definition) is 1. The van der Waals surface area contributed by atoms with Gasteiger partial charge < -0.3 is 10.5 Å². The zero-order valence-electron chi connectivity index (χ0n) is 12.3. The van der Waals surface area contributed by atoms with E-state index in [1.54, 1.807) is 24.9 Å². The van der Waals surface area contributed by atoms with Crippen molar-refractivity contribution < 1.29 is 9.13 Å². The van der Waals surface area contributed by atoms with Crippen molar-refractivity contribution in [1.29, 1.82) is 0 Å². The van der Waals surface area contributed by atoms with E-state index in [0.717, 1.165) is 27.5 Å². The molecule has 0 aliphatic carbocycles. The summed E-state index contributed by atoms with van der Waals surface area (Å²) in [5.74, 6) is 0.610. The average Bonchev–Trinajstić information content (AvgIpc) is 2.50. The summed E-state index contributed by atoms with van der Waals surface area (Å²) in [5, 5.41) is 0. The summed E-state index contributed by atoms with van der Waals surface area (Å²) in [5.41, 5.74) is 6.97. The Morgan fingerprint density at radius 1 is 1.19 bits per heavy atom. The van der Waals surface area contributed by atoms with Crippen molar-refractivity contribution in [2.24, 2.45) is 5.73 Å². The molecule has 0 fully saturated rings. The van der Waals surface area contributed by atoms with Gasteiger partial charge in [-0.05, 0) is 60.9 Å². The Morgan fingerprint density at radius 3 is 2.52 bits per heavy atom. The second kappa shape index (κ2) is 7.48. The molecular weight excluding hydrogens is 285 g/mol. The molecule has 0 aromatic heterocycles. The summed E-state index contributed by atoms with van der Waals surface area (Å²) >= 11 is 1.62. The smallest absolute Gasteiger partial charge is 0.123 e. The Bertz CT molecular complexity index is 586. The molecule has 0 amide bonds. The third-order valence-corrected chi connectivity index (χ3v) is 4.44. The molecule has 0 radical (unpaired) electrons. The van der Waals surface area contributed by atoms with Crippen LogP contribution in [0.5, 0.6) is 5.75 Å². The van der Waals surface area contributed by atoms with E-state index in [-0.39, 0.29) is 11.9 Å². The lowest BCUT2D eigenvalue weighted by Gasteiger charge is -2.13. The molecule has 2 aromatic rings. The lowest BCUT2D eigenvalue weighted by Crippen LogP contribution is -2.21. The first-order valence-corrected chi connectivity index (χ1v) is 7.80. The minimum Gasteiger partial charge on any atom is -0.497 e. The molecule has 0 bridgehead atoms. The summed E-state index contributed by atoms with van der Waals surface area (Å²) in [6.07, 6.45) is 1.57. The van der Waals surface area contributed by atoms with Crippen LogP contribution < -0.4 is 10.5 Å². The zero-order valence-corrected chi connectivity index (χ0v) is 13.1. The molecule has 0 aliphatic rings. The summed E-state index contributed by atoms with van der Waals surface area (Å²) in [7, 11) is 1.65. The summed E-state index contributed by atoms with van der Waals surface area (Å²) in [4.78, 5) is 2.14. The van der Waals surface area contributed by atoms with Crippen LogP contribution in [0.25, 0.3) is 0 Å². The van der Waals surface area contributed by atoms with E-state index < -0.39 is 0 Å². The van der Waals surface area contributed by atoms with Crippen molar-refractivity contribution in [2.45, 2.75) is 35.6 Å². The maximum Gasteiger partial charge on any atom is 0.123 e. The first-order valence-electron chi connectivity index (χ1n) is 6.98. The Hall–Kier alpha value is -1.52. The number of benzene rings is 2. The lowest BCUT2D eigenvalue weighted by molar-refractivity contribution is 0.414. The van der Waals surface area contributed by atoms with Gasteiger partial charge in [0.25, 0.3) is 0 Å². The zero-order chi connectivity index (χ0) is 15.2. The normalized spacial score (nSPS) is 12.2. The van der Waals surface area contributed by atoms with Gasteiger partial charge in [0.15, 0.2) is 0 Å². The van der Waals surface area contributed by atoms with Crippen LogP contribution in [0.4, 0.5) is 4.39 Å². The Balaban J connectivity index is 2.21. The van der Waals surface area contributed by atoms with Crippen molar-refractivity contribution in [3.63, 3.8) is 0 Å². The molecule has 0 heterocycles. The van der Waals surface area contributed by atoms with Gasteiger partial charge in [-0.3, -0.25) is 0 Å². The van der Waals surface area contributed by atoms with Gasteiger partial charge in [0, 0.05) is 15.8 Å². The van der Waals surface area contributed by atoms with E-state index in [0.29, 0.717) is 6.42 Å². The largest absolute Gasteiger partial charge is 0.497 e. The average molecular weight is 305 g/mol. The van der Waals surface area contributed by atoms with E-state index in [9.17, 15) is 4.39 Å². The predicted molar refractivity (Wildman–Crippen MR) is 85.5 cm³/mol. The van der Waals surface area contributed by atoms with E-state index in [1.807, 2.05) is 37.3 Å². The molecule has 0 saturated carbocycles. The molecule has 2 aromatic carbocycles. The number of halogens is 1. The Labute approximate surface area is 129 Å². The van der Waals surface area contributed by atoms with Gasteiger partial charge in [-0.15, -0.1) is 0 Å². The topological polar surface area (TPSA) is 35.2 Å². The lowest BCUT2D eigenvalue weighted by atomic mass is 10.0. The van der Waals surface area contributed by atoms with Crippen LogP contribution in [0.1, 0.15) is 18.9 Å². The molecular formula is C17H20FNOS. The fourth-order valence-corrected chi connectivity index (χ4v) is 2.94.